The second-order valence-electron chi connectivity index (χ2n) is 7.66. The molecule has 0 radical (unpaired) electrons. The molecule has 0 bridgehead atoms. The first kappa shape index (κ1) is 26.8. The number of rotatable bonds is 10. The number of hydrogen-bond donors (Lipinski definition) is 0. The molecule has 2 aromatic rings. The van der Waals surface area contributed by atoms with Gasteiger partial charge in [0.15, 0.2) is 5.78 Å². The van der Waals surface area contributed by atoms with Crippen LogP contribution < -0.4 is 26.5 Å². The van der Waals surface area contributed by atoms with Gasteiger partial charge in [-0.15, -0.1) is 0 Å². The molecular formula is C23H30BrNO6. The Balaban J connectivity index is 0.00000480. The second-order valence-corrected chi connectivity index (χ2v) is 7.66. The minimum absolute atomic E-state index is 0. The van der Waals surface area contributed by atoms with E-state index in [1.54, 1.807) is 38.5 Å². The zero-order chi connectivity index (χ0) is 22.3. The quantitative estimate of drug-likeness (QED) is 0.152. The maximum absolute atomic E-state index is 13.0. The van der Waals surface area contributed by atoms with Crippen LogP contribution in [-0.2, 0) is 20.8 Å². The summed E-state index contributed by atoms with van der Waals surface area (Å²) in [5.41, 5.74) is 1.89. The van der Waals surface area contributed by atoms with Gasteiger partial charge in [0.1, 0.15) is 24.6 Å². The SMILES string of the molecule is COc1ccc(C(=O)c2ccc(C[N+](C)(C)CC(OC)OC)cc2)c(OC(C)=O)c1.[Br-]. The summed E-state index contributed by atoms with van der Waals surface area (Å²) >= 11 is 0. The van der Waals surface area contributed by atoms with Gasteiger partial charge in [-0.25, -0.2) is 0 Å². The minimum atomic E-state index is -0.502. The summed E-state index contributed by atoms with van der Waals surface area (Å²) in [5.74, 6) is -0.0476. The van der Waals surface area contributed by atoms with Gasteiger partial charge in [-0.2, -0.15) is 0 Å². The van der Waals surface area contributed by atoms with Crippen LogP contribution in [0.1, 0.15) is 28.4 Å². The molecule has 0 spiro atoms. The smallest absolute Gasteiger partial charge is 0.308 e. The number of nitrogens with zero attached hydrogens (tertiary/aromatic N) is 1. The van der Waals surface area contributed by atoms with Gasteiger partial charge in [0.25, 0.3) is 0 Å². The summed E-state index contributed by atoms with van der Waals surface area (Å²) in [5, 5.41) is 0. The van der Waals surface area contributed by atoms with E-state index in [2.05, 4.69) is 14.1 Å². The third-order valence-corrected chi connectivity index (χ3v) is 4.68. The van der Waals surface area contributed by atoms with E-state index in [4.69, 9.17) is 18.9 Å². The Morgan fingerprint density at radius 1 is 0.968 bits per heavy atom. The molecule has 8 heteroatoms. The maximum atomic E-state index is 13.0. The number of carbonyl (C=O) groups excluding carboxylic acids is 2. The fourth-order valence-electron chi connectivity index (χ4n) is 3.18. The van der Waals surface area contributed by atoms with Crippen molar-refractivity contribution in [2.24, 2.45) is 0 Å². The lowest BCUT2D eigenvalue weighted by atomic mass is 10.0. The molecular weight excluding hydrogens is 466 g/mol. The van der Waals surface area contributed by atoms with Crippen LogP contribution in [0, 0.1) is 0 Å². The van der Waals surface area contributed by atoms with Crippen molar-refractivity contribution in [2.75, 3.05) is 42.0 Å². The maximum Gasteiger partial charge on any atom is 0.308 e. The Bertz CT molecular complexity index is 878. The van der Waals surface area contributed by atoms with E-state index >= 15 is 0 Å². The van der Waals surface area contributed by atoms with Crippen molar-refractivity contribution in [1.29, 1.82) is 0 Å². The number of methoxy groups -OCH3 is 3. The summed E-state index contributed by atoms with van der Waals surface area (Å²) in [6.07, 6.45) is -0.282. The van der Waals surface area contributed by atoms with Crippen molar-refractivity contribution in [3.05, 3.63) is 59.2 Å². The van der Waals surface area contributed by atoms with E-state index in [1.165, 1.54) is 20.1 Å². The molecule has 0 aromatic heterocycles. The number of esters is 1. The number of ketones is 1. The first-order valence-electron chi connectivity index (χ1n) is 9.56. The first-order chi connectivity index (χ1) is 14.2. The van der Waals surface area contributed by atoms with Crippen LogP contribution in [0.15, 0.2) is 42.5 Å². The first-order valence-corrected chi connectivity index (χ1v) is 9.56. The van der Waals surface area contributed by atoms with Gasteiger partial charge in [0.05, 0.1) is 26.8 Å². The number of ether oxygens (including phenoxy) is 4. The number of likely N-dealkylation sites (N-methyl/N-ethyl adjacent to an activating group) is 1. The highest BCUT2D eigenvalue weighted by Crippen LogP contribution is 2.27. The van der Waals surface area contributed by atoms with Crippen LogP contribution in [-0.4, -0.2) is 64.5 Å². The molecule has 0 unspecified atom stereocenters. The Hall–Kier alpha value is -2.26. The molecule has 170 valence electrons. The predicted octanol–water partition coefficient (Wildman–Crippen LogP) is 0.0508. The van der Waals surface area contributed by atoms with Crippen LogP contribution in [0.25, 0.3) is 0 Å². The van der Waals surface area contributed by atoms with Gasteiger partial charge < -0.3 is 40.4 Å². The highest BCUT2D eigenvalue weighted by Gasteiger charge is 2.23. The molecule has 0 amide bonds. The molecule has 0 atom stereocenters. The lowest BCUT2D eigenvalue weighted by Crippen LogP contribution is -3.00. The number of hydrogen-bond acceptors (Lipinski definition) is 6. The van der Waals surface area contributed by atoms with Crippen LogP contribution in [0.5, 0.6) is 11.5 Å². The zero-order valence-corrected chi connectivity index (χ0v) is 20.4. The number of quaternary nitrogens is 1. The van der Waals surface area contributed by atoms with Gasteiger partial charge in [-0.05, 0) is 12.1 Å². The number of carbonyl (C=O) groups is 2. The predicted molar refractivity (Wildman–Crippen MR) is 113 cm³/mol. The van der Waals surface area contributed by atoms with Crippen LogP contribution in [0.2, 0.25) is 0 Å². The molecule has 0 aliphatic carbocycles. The third kappa shape index (κ3) is 7.74. The van der Waals surface area contributed by atoms with Gasteiger partial charge >= 0.3 is 5.97 Å². The monoisotopic (exact) mass is 495 g/mol. The molecule has 0 saturated carbocycles. The third-order valence-electron chi connectivity index (χ3n) is 4.68. The molecule has 0 N–H and O–H groups in total. The molecule has 0 heterocycles. The standard InChI is InChI=1S/C23H30NO6.BrH/c1-16(25)30-21-13-19(27-4)11-12-20(21)23(26)18-9-7-17(8-10-18)14-24(2,3)15-22(28-5)29-6;/h7-13,22H,14-15H2,1-6H3;1H/q+1;/p-1. The summed E-state index contributed by atoms with van der Waals surface area (Å²) in [6, 6.07) is 12.2. The van der Waals surface area contributed by atoms with Crippen molar-refractivity contribution < 1.29 is 50.0 Å². The molecule has 0 aliphatic rings. The Morgan fingerprint density at radius 2 is 1.58 bits per heavy atom. The van der Waals surface area contributed by atoms with Crippen molar-refractivity contribution >= 4 is 11.8 Å². The summed E-state index contributed by atoms with van der Waals surface area (Å²) in [7, 11) is 8.93. The van der Waals surface area contributed by atoms with Crippen LogP contribution in [0.3, 0.4) is 0 Å². The fraction of sp³-hybridized carbons (Fsp3) is 0.391. The largest absolute Gasteiger partial charge is 1.00 e. The van der Waals surface area contributed by atoms with Crippen molar-refractivity contribution in [3.63, 3.8) is 0 Å². The normalized spacial score (nSPS) is 11.1. The average Bonchev–Trinajstić information content (AvgIpc) is 2.71. The Labute approximate surface area is 194 Å². The molecule has 0 fully saturated rings. The van der Waals surface area contributed by atoms with E-state index in [0.29, 0.717) is 27.9 Å². The topological polar surface area (TPSA) is 71.1 Å². The average molecular weight is 496 g/mol. The molecule has 7 nitrogen and oxygen atoms in total. The lowest BCUT2D eigenvalue weighted by molar-refractivity contribution is -0.909. The lowest BCUT2D eigenvalue weighted by Gasteiger charge is -2.32. The van der Waals surface area contributed by atoms with Gasteiger partial charge in [-0.1, -0.05) is 24.3 Å². The molecule has 2 rings (SSSR count). The summed E-state index contributed by atoms with van der Waals surface area (Å²) in [4.78, 5) is 24.4. The van der Waals surface area contributed by atoms with Gasteiger partial charge in [0.2, 0.25) is 6.29 Å². The molecule has 2 aromatic carbocycles. The van der Waals surface area contributed by atoms with E-state index in [-0.39, 0.29) is 34.8 Å². The van der Waals surface area contributed by atoms with E-state index < -0.39 is 5.97 Å². The summed E-state index contributed by atoms with van der Waals surface area (Å²) in [6.45, 7) is 2.73. The van der Waals surface area contributed by atoms with Crippen LogP contribution in [0.4, 0.5) is 0 Å². The zero-order valence-electron chi connectivity index (χ0n) is 18.8. The van der Waals surface area contributed by atoms with Crippen LogP contribution >= 0.6 is 0 Å². The van der Waals surface area contributed by atoms with Crippen molar-refractivity contribution in [1.82, 2.24) is 0 Å². The van der Waals surface area contributed by atoms with Crippen molar-refractivity contribution in [2.45, 2.75) is 19.8 Å². The van der Waals surface area contributed by atoms with Gasteiger partial charge in [-0.3, -0.25) is 9.59 Å². The highest BCUT2D eigenvalue weighted by atomic mass is 79.9. The Kier molecular flexibility index (Phi) is 10.3. The van der Waals surface area contributed by atoms with Gasteiger partial charge in [0, 0.05) is 38.3 Å². The number of benzene rings is 2. The molecule has 0 aliphatic heterocycles. The van der Waals surface area contributed by atoms with E-state index in [9.17, 15) is 9.59 Å². The van der Waals surface area contributed by atoms with E-state index in [0.717, 1.165) is 12.1 Å². The van der Waals surface area contributed by atoms with Crippen molar-refractivity contribution in [3.8, 4) is 11.5 Å². The summed E-state index contributed by atoms with van der Waals surface area (Å²) < 4.78 is 21.6. The second kappa shape index (κ2) is 12.0. The highest BCUT2D eigenvalue weighted by molar-refractivity contribution is 6.11. The minimum Gasteiger partial charge on any atom is -1.00 e. The Morgan fingerprint density at radius 3 is 2.10 bits per heavy atom. The molecule has 31 heavy (non-hydrogen) atoms. The van der Waals surface area contributed by atoms with E-state index in [1.807, 2.05) is 12.1 Å². The number of halogens is 1. The fourth-order valence-corrected chi connectivity index (χ4v) is 3.18. The molecule has 0 saturated heterocycles.